The summed E-state index contributed by atoms with van der Waals surface area (Å²) in [4.78, 5) is 12.6. The summed E-state index contributed by atoms with van der Waals surface area (Å²) in [6.07, 6.45) is 0. The van der Waals surface area contributed by atoms with Crippen LogP contribution in [0, 0.1) is 13.8 Å². The van der Waals surface area contributed by atoms with E-state index in [1.54, 1.807) is 31.2 Å². The zero-order valence-corrected chi connectivity index (χ0v) is 17.5. The number of amides is 1. The smallest absolute Gasteiger partial charge is 0.387 e. The number of carbonyl (C=O) groups is 1. The number of para-hydroxylation sites is 1. The highest BCUT2D eigenvalue weighted by Crippen LogP contribution is 2.25. The highest BCUT2D eigenvalue weighted by molar-refractivity contribution is 7.92. The van der Waals surface area contributed by atoms with Crippen molar-refractivity contribution in [3.8, 4) is 5.75 Å². The molecule has 1 amide bonds. The van der Waals surface area contributed by atoms with Gasteiger partial charge in [0.1, 0.15) is 5.75 Å². The first-order valence-corrected chi connectivity index (χ1v) is 10.7. The fourth-order valence-corrected chi connectivity index (χ4v) is 4.26. The summed E-state index contributed by atoms with van der Waals surface area (Å²) in [7, 11) is -3.93. The van der Waals surface area contributed by atoms with Crippen molar-refractivity contribution in [3.05, 3.63) is 83.4 Å². The SMILES string of the molecule is Cc1cccc(NS(=O)(=O)c2cc(NC(=O)c3ccccc3OC(F)F)ccc2C)c1. The van der Waals surface area contributed by atoms with Gasteiger partial charge in [0.25, 0.3) is 15.9 Å². The van der Waals surface area contributed by atoms with Crippen molar-refractivity contribution in [2.24, 2.45) is 0 Å². The number of anilines is 2. The molecule has 9 heteroatoms. The van der Waals surface area contributed by atoms with E-state index in [2.05, 4.69) is 14.8 Å². The monoisotopic (exact) mass is 446 g/mol. The van der Waals surface area contributed by atoms with E-state index in [4.69, 9.17) is 0 Å². The van der Waals surface area contributed by atoms with Crippen LogP contribution in [0.5, 0.6) is 5.75 Å². The highest BCUT2D eigenvalue weighted by atomic mass is 32.2. The van der Waals surface area contributed by atoms with E-state index in [0.717, 1.165) is 5.56 Å². The Morgan fingerprint density at radius 3 is 2.39 bits per heavy atom. The predicted octanol–water partition coefficient (Wildman–Crippen LogP) is 4.96. The third-order valence-electron chi connectivity index (χ3n) is 4.35. The van der Waals surface area contributed by atoms with Gasteiger partial charge < -0.3 is 10.1 Å². The fourth-order valence-electron chi connectivity index (χ4n) is 2.94. The van der Waals surface area contributed by atoms with Gasteiger partial charge in [-0.1, -0.05) is 30.3 Å². The first kappa shape index (κ1) is 22.2. The molecule has 0 unspecified atom stereocenters. The van der Waals surface area contributed by atoms with E-state index in [0.29, 0.717) is 11.3 Å². The van der Waals surface area contributed by atoms with Crippen molar-refractivity contribution in [1.82, 2.24) is 0 Å². The summed E-state index contributed by atoms with van der Waals surface area (Å²) >= 11 is 0. The Morgan fingerprint density at radius 2 is 1.68 bits per heavy atom. The molecule has 162 valence electrons. The number of hydrogen-bond donors (Lipinski definition) is 2. The molecule has 0 saturated carbocycles. The van der Waals surface area contributed by atoms with Crippen LogP contribution in [-0.2, 0) is 10.0 Å². The van der Waals surface area contributed by atoms with Crippen molar-refractivity contribution >= 4 is 27.3 Å². The second-order valence-electron chi connectivity index (χ2n) is 6.78. The molecule has 3 aromatic carbocycles. The summed E-state index contributed by atoms with van der Waals surface area (Å²) in [5, 5.41) is 2.53. The average molecular weight is 446 g/mol. The van der Waals surface area contributed by atoms with Gasteiger partial charge in [0.2, 0.25) is 0 Å². The Kier molecular flexibility index (Phi) is 6.55. The van der Waals surface area contributed by atoms with E-state index in [-0.39, 0.29) is 21.9 Å². The maximum Gasteiger partial charge on any atom is 0.387 e. The summed E-state index contributed by atoms with van der Waals surface area (Å²) in [6, 6.07) is 16.8. The van der Waals surface area contributed by atoms with Gasteiger partial charge in [-0.05, 0) is 61.4 Å². The Morgan fingerprint density at radius 1 is 0.935 bits per heavy atom. The number of sulfonamides is 1. The standard InChI is InChI=1S/C22H20F2N2O4S/c1-14-6-5-7-17(12-14)26-31(28,29)20-13-16(11-10-15(20)2)25-21(27)18-8-3-4-9-19(18)30-22(23)24/h3-13,22,26H,1-2H3,(H,25,27). The van der Waals surface area contributed by atoms with Crippen LogP contribution >= 0.6 is 0 Å². The maximum absolute atomic E-state index is 12.9. The van der Waals surface area contributed by atoms with Crippen LogP contribution in [0.25, 0.3) is 0 Å². The first-order valence-electron chi connectivity index (χ1n) is 9.21. The van der Waals surface area contributed by atoms with Crippen LogP contribution in [0.2, 0.25) is 0 Å². The average Bonchev–Trinajstić information content (AvgIpc) is 2.69. The molecule has 0 aliphatic heterocycles. The lowest BCUT2D eigenvalue weighted by Gasteiger charge is -2.14. The lowest BCUT2D eigenvalue weighted by Crippen LogP contribution is -2.17. The number of ether oxygens (including phenoxy) is 1. The second-order valence-corrected chi connectivity index (χ2v) is 8.43. The third-order valence-corrected chi connectivity index (χ3v) is 5.88. The fraction of sp³-hybridized carbons (Fsp3) is 0.136. The molecular formula is C22H20F2N2O4S. The Hall–Kier alpha value is -3.46. The van der Waals surface area contributed by atoms with Crippen molar-refractivity contribution in [3.63, 3.8) is 0 Å². The minimum Gasteiger partial charge on any atom is -0.434 e. The molecule has 0 atom stereocenters. The van der Waals surface area contributed by atoms with Gasteiger partial charge in [-0.25, -0.2) is 8.42 Å². The zero-order chi connectivity index (χ0) is 22.6. The molecule has 0 aliphatic rings. The number of benzene rings is 3. The summed E-state index contributed by atoms with van der Waals surface area (Å²) in [5.74, 6) is -0.994. The Bertz CT molecular complexity index is 1210. The van der Waals surface area contributed by atoms with Gasteiger partial charge in [0.15, 0.2) is 0 Å². The highest BCUT2D eigenvalue weighted by Gasteiger charge is 2.20. The number of nitrogens with one attached hydrogen (secondary N) is 2. The number of rotatable bonds is 7. The van der Waals surface area contributed by atoms with Crippen molar-refractivity contribution < 1.29 is 26.7 Å². The zero-order valence-electron chi connectivity index (χ0n) is 16.7. The third kappa shape index (κ3) is 5.58. The van der Waals surface area contributed by atoms with E-state index < -0.39 is 22.5 Å². The number of aryl methyl sites for hydroxylation is 2. The van der Waals surface area contributed by atoms with Crippen LogP contribution in [0.15, 0.2) is 71.6 Å². The van der Waals surface area contributed by atoms with Crippen LogP contribution in [0.4, 0.5) is 20.2 Å². The molecule has 6 nitrogen and oxygen atoms in total. The Balaban J connectivity index is 1.87. The molecule has 0 aromatic heterocycles. The normalized spacial score (nSPS) is 11.3. The van der Waals surface area contributed by atoms with Crippen molar-refractivity contribution in [2.75, 3.05) is 10.0 Å². The lowest BCUT2D eigenvalue weighted by atomic mass is 10.1. The van der Waals surface area contributed by atoms with Crippen LogP contribution < -0.4 is 14.8 Å². The second kappa shape index (κ2) is 9.13. The summed E-state index contributed by atoms with van der Waals surface area (Å²) < 4.78 is 57.9. The molecule has 0 radical (unpaired) electrons. The molecular weight excluding hydrogens is 426 g/mol. The van der Waals surface area contributed by atoms with Gasteiger partial charge >= 0.3 is 6.61 Å². The van der Waals surface area contributed by atoms with E-state index in [1.165, 1.54) is 36.4 Å². The lowest BCUT2D eigenvalue weighted by molar-refractivity contribution is -0.0501. The molecule has 31 heavy (non-hydrogen) atoms. The molecule has 0 heterocycles. The number of carbonyl (C=O) groups excluding carboxylic acids is 1. The van der Waals surface area contributed by atoms with Crippen molar-refractivity contribution in [2.45, 2.75) is 25.4 Å². The van der Waals surface area contributed by atoms with Crippen molar-refractivity contribution in [1.29, 1.82) is 0 Å². The number of alkyl halides is 2. The summed E-state index contributed by atoms with van der Waals surface area (Å²) in [6.45, 7) is 0.384. The van der Waals surface area contributed by atoms with Gasteiger partial charge in [-0.3, -0.25) is 9.52 Å². The molecule has 0 spiro atoms. The van der Waals surface area contributed by atoms with Gasteiger partial charge in [-0.2, -0.15) is 8.78 Å². The largest absolute Gasteiger partial charge is 0.434 e. The molecule has 2 N–H and O–H groups in total. The molecule has 3 aromatic rings. The first-order chi connectivity index (χ1) is 14.7. The predicted molar refractivity (Wildman–Crippen MR) is 114 cm³/mol. The molecule has 0 aliphatic carbocycles. The van der Waals surface area contributed by atoms with E-state index in [9.17, 15) is 22.0 Å². The van der Waals surface area contributed by atoms with Crippen LogP contribution in [0.1, 0.15) is 21.5 Å². The molecule has 0 fully saturated rings. The van der Waals surface area contributed by atoms with Gasteiger partial charge in [0.05, 0.1) is 10.5 Å². The van der Waals surface area contributed by atoms with Crippen LogP contribution in [-0.4, -0.2) is 20.9 Å². The molecule has 3 rings (SSSR count). The topological polar surface area (TPSA) is 84.5 Å². The minimum atomic E-state index is -3.93. The molecule has 0 saturated heterocycles. The molecule has 0 bridgehead atoms. The number of halogens is 2. The minimum absolute atomic E-state index is 0.0241. The quantitative estimate of drug-likeness (QED) is 0.537. The van der Waals surface area contributed by atoms with Gasteiger partial charge in [0, 0.05) is 11.4 Å². The Labute approximate surface area is 178 Å². The van der Waals surface area contributed by atoms with Crippen LogP contribution in [0.3, 0.4) is 0 Å². The maximum atomic E-state index is 12.9. The number of hydrogen-bond acceptors (Lipinski definition) is 4. The van der Waals surface area contributed by atoms with Gasteiger partial charge in [-0.15, -0.1) is 0 Å². The summed E-state index contributed by atoms with van der Waals surface area (Å²) in [5.41, 5.74) is 1.85. The van der Waals surface area contributed by atoms with E-state index >= 15 is 0 Å². The van der Waals surface area contributed by atoms with E-state index in [1.807, 2.05) is 13.0 Å².